The highest BCUT2D eigenvalue weighted by Crippen LogP contribution is 2.30. The molecule has 0 saturated heterocycles. The van der Waals surface area contributed by atoms with E-state index in [4.69, 9.17) is 15.2 Å². The van der Waals surface area contributed by atoms with E-state index in [1.54, 1.807) is 30.9 Å². The standard InChI is InChI=1S/C14H14N4O2/c1-19-10-4-3-7-18-13(15)12(17-14(10)18)9-5-6-11(20-2)16-8-9/h3-8H,15H2,1-2H3. The van der Waals surface area contributed by atoms with Gasteiger partial charge in [0, 0.05) is 24.0 Å². The van der Waals surface area contributed by atoms with Crippen molar-refractivity contribution in [1.82, 2.24) is 14.4 Å². The number of pyridine rings is 2. The van der Waals surface area contributed by atoms with E-state index in [2.05, 4.69) is 9.97 Å². The van der Waals surface area contributed by atoms with E-state index in [1.165, 1.54) is 0 Å². The summed E-state index contributed by atoms with van der Waals surface area (Å²) in [5.74, 6) is 1.77. The fraction of sp³-hybridized carbons (Fsp3) is 0.143. The van der Waals surface area contributed by atoms with Gasteiger partial charge in [-0.05, 0) is 18.2 Å². The van der Waals surface area contributed by atoms with Crippen molar-refractivity contribution in [1.29, 1.82) is 0 Å². The van der Waals surface area contributed by atoms with Crippen molar-refractivity contribution in [2.45, 2.75) is 0 Å². The number of hydrogen-bond donors (Lipinski definition) is 1. The average molecular weight is 270 g/mol. The van der Waals surface area contributed by atoms with Gasteiger partial charge in [-0.1, -0.05) is 0 Å². The summed E-state index contributed by atoms with van der Waals surface area (Å²) in [4.78, 5) is 8.71. The van der Waals surface area contributed by atoms with Crippen LogP contribution in [0.4, 0.5) is 5.82 Å². The molecule has 0 unspecified atom stereocenters. The molecule has 0 aliphatic heterocycles. The van der Waals surface area contributed by atoms with Gasteiger partial charge in [-0.25, -0.2) is 9.97 Å². The molecular formula is C14H14N4O2. The molecule has 0 aliphatic carbocycles. The molecule has 6 nitrogen and oxygen atoms in total. The summed E-state index contributed by atoms with van der Waals surface area (Å²) < 4.78 is 12.1. The lowest BCUT2D eigenvalue weighted by atomic mass is 10.2. The van der Waals surface area contributed by atoms with Crippen LogP contribution in [-0.4, -0.2) is 28.6 Å². The van der Waals surface area contributed by atoms with E-state index >= 15 is 0 Å². The van der Waals surface area contributed by atoms with Crippen LogP contribution in [0, 0.1) is 0 Å². The first-order valence-electron chi connectivity index (χ1n) is 6.05. The summed E-state index contributed by atoms with van der Waals surface area (Å²) in [5.41, 5.74) is 8.33. The van der Waals surface area contributed by atoms with Crippen LogP contribution < -0.4 is 15.2 Å². The molecule has 0 amide bonds. The predicted molar refractivity (Wildman–Crippen MR) is 75.9 cm³/mol. The second-order valence-corrected chi connectivity index (χ2v) is 4.21. The van der Waals surface area contributed by atoms with E-state index in [0.29, 0.717) is 28.8 Å². The third-order valence-electron chi connectivity index (χ3n) is 3.09. The molecular weight excluding hydrogens is 256 g/mol. The van der Waals surface area contributed by atoms with Crippen molar-refractivity contribution < 1.29 is 9.47 Å². The zero-order valence-electron chi connectivity index (χ0n) is 11.2. The third-order valence-corrected chi connectivity index (χ3v) is 3.09. The number of fused-ring (bicyclic) bond motifs is 1. The van der Waals surface area contributed by atoms with Gasteiger partial charge >= 0.3 is 0 Å². The highest BCUT2D eigenvalue weighted by molar-refractivity contribution is 5.76. The van der Waals surface area contributed by atoms with Gasteiger partial charge in [-0.15, -0.1) is 0 Å². The number of hydrogen-bond acceptors (Lipinski definition) is 5. The number of methoxy groups -OCH3 is 2. The number of rotatable bonds is 3. The minimum atomic E-state index is 0.547. The van der Waals surface area contributed by atoms with E-state index in [0.717, 1.165) is 5.56 Å². The number of nitrogen functional groups attached to an aromatic ring is 1. The van der Waals surface area contributed by atoms with Crippen molar-refractivity contribution in [2.24, 2.45) is 0 Å². The predicted octanol–water partition coefficient (Wildman–Crippen LogP) is 2.00. The molecule has 0 bridgehead atoms. The topological polar surface area (TPSA) is 74.7 Å². The maximum absolute atomic E-state index is 6.15. The lowest BCUT2D eigenvalue weighted by Gasteiger charge is -2.01. The summed E-state index contributed by atoms with van der Waals surface area (Å²) in [6.07, 6.45) is 3.53. The Morgan fingerprint density at radius 2 is 2.00 bits per heavy atom. The minimum absolute atomic E-state index is 0.547. The molecule has 2 N–H and O–H groups in total. The zero-order valence-corrected chi connectivity index (χ0v) is 11.2. The van der Waals surface area contributed by atoms with Gasteiger partial charge in [0.05, 0.1) is 14.2 Å². The van der Waals surface area contributed by atoms with Crippen molar-refractivity contribution in [2.75, 3.05) is 20.0 Å². The fourth-order valence-electron chi connectivity index (χ4n) is 2.07. The first kappa shape index (κ1) is 12.3. The van der Waals surface area contributed by atoms with E-state index in [-0.39, 0.29) is 0 Å². The van der Waals surface area contributed by atoms with E-state index in [1.807, 2.05) is 24.4 Å². The Labute approximate surface area is 115 Å². The summed E-state index contributed by atoms with van der Waals surface area (Å²) in [7, 11) is 3.18. The molecule has 0 aromatic carbocycles. The van der Waals surface area contributed by atoms with Crippen LogP contribution in [-0.2, 0) is 0 Å². The van der Waals surface area contributed by atoms with Crippen molar-refractivity contribution in [3.05, 3.63) is 36.7 Å². The minimum Gasteiger partial charge on any atom is -0.493 e. The first-order chi connectivity index (χ1) is 9.74. The number of ether oxygens (including phenoxy) is 2. The third kappa shape index (κ3) is 1.82. The van der Waals surface area contributed by atoms with Crippen LogP contribution >= 0.6 is 0 Å². The number of aromatic nitrogens is 3. The molecule has 0 atom stereocenters. The smallest absolute Gasteiger partial charge is 0.212 e. The second-order valence-electron chi connectivity index (χ2n) is 4.21. The molecule has 3 heterocycles. The number of imidazole rings is 1. The monoisotopic (exact) mass is 270 g/mol. The van der Waals surface area contributed by atoms with Crippen LogP contribution in [0.5, 0.6) is 11.6 Å². The molecule has 3 aromatic rings. The highest BCUT2D eigenvalue weighted by Gasteiger charge is 2.14. The van der Waals surface area contributed by atoms with Gasteiger partial charge in [0.2, 0.25) is 5.88 Å². The summed E-state index contributed by atoms with van der Waals surface area (Å²) >= 11 is 0. The molecule has 20 heavy (non-hydrogen) atoms. The Bertz CT molecular complexity index is 750. The molecule has 0 saturated carbocycles. The van der Waals surface area contributed by atoms with Crippen LogP contribution in [0.2, 0.25) is 0 Å². The van der Waals surface area contributed by atoms with Crippen molar-refractivity contribution >= 4 is 11.5 Å². The molecule has 3 rings (SSSR count). The Kier molecular flexibility index (Phi) is 2.90. The fourth-order valence-corrected chi connectivity index (χ4v) is 2.07. The molecule has 0 radical (unpaired) electrons. The van der Waals surface area contributed by atoms with Crippen LogP contribution in [0.1, 0.15) is 0 Å². The zero-order chi connectivity index (χ0) is 14.1. The van der Waals surface area contributed by atoms with Gasteiger partial charge in [-0.2, -0.15) is 0 Å². The first-order valence-corrected chi connectivity index (χ1v) is 6.05. The molecule has 0 fully saturated rings. The SMILES string of the molecule is COc1ccc(-c2nc3c(OC)cccn3c2N)cn1. The largest absolute Gasteiger partial charge is 0.493 e. The van der Waals surface area contributed by atoms with Gasteiger partial charge in [-0.3, -0.25) is 4.40 Å². The lowest BCUT2D eigenvalue weighted by Crippen LogP contribution is -1.95. The summed E-state index contributed by atoms with van der Waals surface area (Å²) in [5, 5.41) is 0. The van der Waals surface area contributed by atoms with Gasteiger partial charge < -0.3 is 15.2 Å². The summed E-state index contributed by atoms with van der Waals surface area (Å²) in [6, 6.07) is 7.35. The number of nitrogens with two attached hydrogens (primary N) is 1. The van der Waals surface area contributed by atoms with E-state index in [9.17, 15) is 0 Å². The maximum Gasteiger partial charge on any atom is 0.212 e. The molecule has 0 aliphatic rings. The molecule has 0 spiro atoms. The summed E-state index contributed by atoms with van der Waals surface area (Å²) in [6.45, 7) is 0. The Balaban J connectivity index is 2.18. The molecule has 6 heteroatoms. The Hall–Kier alpha value is -2.76. The van der Waals surface area contributed by atoms with Crippen LogP contribution in [0.15, 0.2) is 36.7 Å². The number of anilines is 1. The van der Waals surface area contributed by atoms with Crippen molar-refractivity contribution in [3.8, 4) is 22.9 Å². The molecule has 102 valence electrons. The van der Waals surface area contributed by atoms with Gasteiger partial charge in [0.15, 0.2) is 11.4 Å². The average Bonchev–Trinajstić information content (AvgIpc) is 2.85. The highest BCUT2D eigenvalue weighted by atomic mass is 16.5. The quantitative estimate of drug-likeness (QED) is 0.787. The Morgan fingerprint density at radius 3 is 2.65 bits per heavy atom. The number of nitrogens with zero attached hydrogens (tertiary/aromatic N) is 3. The van der Waals surface area contributed by atoms with Crippen LogP contribution in [0.3, 0.4) is 0 Å². The van der Waals surface area contributed by atoms with E-state index < -0.39 is 0 Å². The van der Waals surface area contributed by atoms with Crippen LogP contribution in [0.25, 0.3) is 16.9 Å². The maximum atomic E-state index is 6.15. The molecule has 3 aromatic heterocycles. The van der Waals surface area contributed by atoms with Gasteiger partial charge in [0.1, 0.15) is 11.5 Å². The second kappa shape index (κ2) is 4.73. The van der Waals surface area contributed by atoms with Gasteiger partial charge in [0.25, 0.3) is 0 Å². The van der Waals surface area contributed by atoms with Crippen molar-refractivity contribution in [3.63, 3.8) is 0 Å². The Morgan fingerprint density at radius 1 is 1.15 bits per heavy atom. The lowest BCUT2D eigenvalue weighted by molar-refractivity contribution is 0.398. The normalized spacial score (nSPS) is 10.7.